The van der Waals surface area contributed by atoms with Gasteiger partial charge in [-0.15, -0.1) is 0 Å². The summed E-state index contributed by atoms with van der Waals surface area (Å²) >= 11 is 0. The molecule has 0 aliphatic carbocycles. The number of hydrogen-bond donors (Lipinski definition) is 2. The second-order valence-electron chi connectivity index (χ2n) is 5.18. The molecule has 3 rings (SSSR count). The molecule has 2 heterocycles. The molecule has 0 bridgehead atoms. The van der Waals surface area contributed by atoms with Crippen molar-refractivity contribution in [2.45, 2.75) is 13.5 Å². The summed E-state index contributed by atoms with van der Waals surface area (Å²) in [6.45, 7) is 2.32. The predicted octanol–water partition coefficient (Wildman–Crippen LogP) is 3.81. The molecular formula is C17H15F2N5. The van der Waals surface area contributed by atoms with Gasteiger partial charge in [0.2, 0.25) is 5.95 Å². The molecule has 122 valence electrons. The zero-order valence-electron chi connectivity index (χ0n) is 12.9. The van der Waals surface area contributed by atoms with Crippen LogP contribution in [0.15, 0.2) is 48.8 Å². The number of nitrogens with one attached hydrogen (secondary N) is 2. The summed E-state index contributed by atoms with van der Waals surface area (Å²) in [5.41, 5.74) is 1.85. The van der Waals surface area contributed by atoms with Crippen molar-refractivity contribution in [1.29, 1.82) is 0 Å². The summed E-state index contributed by atoms with van der Waals surface area (Å²) in [5.74, 6) is -0.488. The van der Waals surface area contributed by atoms with Gasteiger partial charge in [-0.1, -0.05) is 6.07 Å². The Labute approximate surface area is 137 Å². The van der Waals surface area contributed by atoms with E-state index in [1.54, 1.807) is 18.5 Å². The van der Waals surface area contributed by atoms with Gasteiger partial charge >= 0.3 is 0 Å². The number of pyridine rings is 1. The first-order valence-electron chi connectivity index (χ1n) is 7.31. The summed E-state index contributed by atoms with van der Waals surface area (Å²) in [6, 6.07) is 8.78. The zero-order valence-corrected chi connectivity index (χ0v) is 12.9. The van der Waals surface area contributed by atoms with Gasteiger partial charge in [-0.3, -0.25) is 4.98 Å². The lowest BCUT2D eigenvalue weighted by Crippen LogP contribution is -2.07. The van der Waals surface area contributed by atoms with E-state index < -0.39 is 11.6 Å². The van der Waals surface area contributed by atoms with Crippen molar-refractivity contribution in [3.8, 4) is 0 Å². The number of aromatic nitrogens is 3. The fraction of sp³-hybridized carbons (Fsp3) is 0.118. The number of rotatable bonds is 5. The molecule has 0 aliphatic heterocycles. The van der Waals surface area contributed by atoms with Crippen LogP contribution < -0.4 is 10.6 Å². The van der Waals surface area contributed by atoms with Crippen LogP contribution in [0.25, 0.3) is 0 Å². The van der Waals surface area contributed by atoms with E-state index in [1.165, 1.54) is 12.1 Å². The number of halogens is 2. The molecule has 1 aromatic carbocycles. The molecule has 24 heavy (non-hydrogen) atoms. The fourth-order valence-corrected chi connectivity index (χ4v) is 2.12. The van der Waals surface area contributed by atoms with E-state index in [2.05, 4.69) is 25.6 Å². The van der Waals surface area contributed by atoms with Gasteiger partial charge in [-0.25, -0.2) is 13.8 Å². The van der Waals surface area contributed by atoms with E-state index in [-0.39, 0.29) is 5.69 Å². The van der Waals surface area contributed by atoms with Crippen LogP contribution in [0.2, 0.25) is 0 Å². The highest BCUT2D eigenvalue weighted by molar-refractivity contribution is 5.58. The van der Waals surface area contributed by atoms with E-state index in [0.29, 0.717) is 24.0 Å². The molecular weight excluding hydrogens is 312 g/mol. The first-order valence-corrected chi connectivity index (χ1v) is 7.31. The summed E-state index contributed by atoms with van der Waals surface area (Å²) in [5, 5.41) is 5.93. The highest BCUT2D eigenvalue weighted by Gasteiger charge is 2.07. The van der Waals surface area contributed by atoms with Crippen molar-refractivity contribution >= 4 is 17.5 Å². The molecule has 2 N–H and O–H groups in total. The van der Waals surface area contributed by atoms with Crippen molar-refractivity contribution in [2.75, 3.05) is 10.6 Å². The van der Waals surface area contributed by atoms with Gasteiger partial charge < -0.3 is 10.6 Å². The normalized spacial score (nSPS) is 10.5. The Morgan fingerprint density at radius 1 is 1.08 bits per heavy atom. The summed E-state index contributed by atoms with van der Waals surface area (Å²) in [4.78, 5) is 12.6. The second kappa shape index (κ2) is 6.99. The minimum atomic E-state index is -0.684. The third-order valence-corrected chi connectivity index (χ3v) is 3.22. The van der Waals surface area contributed by atoms with Crippen molar-refractivity contribution in [3.05, 3.63) is 71.7 Å². The molecule has 5 nitrogen and oxygen atoms in total. The Morgan fingerprint density at radius 2 is 1.96 bits per heavy atom. The molecule has 3 aromatic rings. The maximum absolute atomic E-state index is 13.7. The average molecular weight is 327 g/mol. The van der Waals surface area contributed by atoms with Crippen LogP contribution in [0.1, 0.15) is 11.3 Å². The van der Waals surface area contributed by atoms with Gasteiger partial charge in [-0.05, 0) is 30.7 Å². The first kappa shape index (κ1) is 15.8. The monoisotopic (exact) mass is 327 g/mol. The zero-order chi connectivity index (χ0) is 16.9. The lowest BCUT2D eigenvalue weighted by Gasteiger charge is -2.10. The van der Waals surface area contributed by atoms with E-state index >= 15 is 0 Å². The highest BCUT2D eigenvalue weighted by atomic mass is 19.1. The minimum Gasteiger partial charge on any atom is -0.350 e. The molecule has 0 fully saturated rings. The van der Waals surface area contributed by atoms with E-state index in [9.17, 15) is 8.78 Å². The summed E-state index contributed by atoms with van der Waals surface area (Å²) < 4.78 is 26.7. The van der Waals surface area contributed by atoms with Crippen LogP contribution in [0, 0.1) is 18.6 Å². The Morgan fingerprint density at radius 3 is 2.71 bits per heavy atom. The van der Waals surface area contributed by atoms with Crippen LogP contribution in [0.3, 0.4) is 0 Å². The number of nitrogens with zero attached hydrogens (tertiary/aromatic N) is 3. The molecule has 0 radical (unpaired) electrons. The van der Waals surface area contributed by atoms with Gasteiger partial charge in [0, 0.05) is 36.8 Å². The topological polar surface area (TPSA) is 62.7 Å². The molecule has 2 aromatic heterocycles. The molecule has 0 unspecified atom stereocenters. The maximum Gasteiger partial charge on any atom is 0.225 e. The Bertz CT molecular complexity index is 840. The van der Waals surface area contributed by atoms with Crippen LogP contribution >= 0.6 is 0 Å². The van der Waals surface area contributed by atoms with Gasteiger partial charge in [0.25, 0.3) is 0 Å². The molecule has 0 spiro atoms. The SMILES string of the molecule is Cc1cc(Nc2ccc(F)cc2F)nc(NCc2cccnc2)n1. The van der Waals surface area contributed by atoms with E-state index in [4.69, 9.17) is 0 Å². The van der Waals surface area contributed by atoms with E-state index in [0.717, 1.165) is 11.6 Å². The molecule has 7 heteroatoms. The molecule has 0 saturated heterocycles. The van der Waals surface area contributed by atoms with Crippen molar-refractivity contribution in [3.63, 3.8) is 0 Å². The quantitative estimate of drug-likeness (QED) is 0.746. The van der Waals surface area contributed by atoms with Gasteiger partial charge in [0.15, 0.2) is 0 Å². The molecule has 0 aliphatic rings. The number of benzene rings is 1. The van der Waals surface area contributed by atoms with Gasteiger partial charge in [-0.2, -0.15) is 4.98 Å². The van der Waals surface area contributed by atoms with Crippen LogP contribution in [-0.2, 0) is 6.54 Å². The lowest BCUT2D eigenvalue weighted by molar-refractivity contribution is 0.586. The third kappa shape index (κ3) is 4.01. The van der Waals surface area contributed by atoms with Crippen LogP contribution in [0.4, 0.5) is 26.2 Å². The summed E-state index contributed by atoms with van der Waals surface area (Å²) in [6.07, 6.45) is 3.45. The smallest absolute Gasteiger partial charge is 0.225 e. The molecule has 0 saturated carbocycles. The van der Waals surface area contributed by atoms with E-state index in [1.807, 2.05) is 19.1 Å². The van der Waals surface area contributed by atoms with Crippen LogP contribution in [-0.4, -0.2) is 15.0 Å². The van der Waals surface area contributed by atoms with Crippen LogP contribution in [0.5, 0.6) is 0 Å². The Kier molecular flexibility index (Phi) is 4.60. The Balaban J connectivity index is 1.76. The standard InChI is InChI=1S/C17H15F2N5/c1-11-7-16(23-15-5-4-13(18)8-14(15)19)24-17(22-11)21-10-12-3-2-6-20-9-12/h2-9H,10H2,1H3,(H2,21,22,23,24). The molecule has 0 atom stereocenters. The first-order chi connectivity index (χ1) is 11.6. The maximum atomic E-state index is 13.7. The number of aryl methyl sites for hydroxylation is 1. The van der Waals surface area contributed by atoms with Gasteiger partial charge in [0.05, 0.1) is 5.69 Å². The highest BCUT2D eigenvalue weighted by Crippen LogP contribution is 2.20. The van der Waals surface area contributed by atoms with Crippen molar-refractivity contribution < 1.29 is 8.78 Å². The average Bonchev–Trinajstić information content (AvgIpc) is 2.56. The Hall–Kier alpha value is -3.09. The van der Waals surface area contributed by atoms with Crippen molar-refractivity contribution in [2.24, 2.45) is 0 Å². The second-order valence-corrected chi connectivity index (χ2v) is 5.18. The number of hydrogen-bond acceptors (Lipinski definition) is 5. The largest absolute Gasteiger partial charge is 0.350 e. The molecule has 0 amide bonds. The minimum absolute atomic E-state index is 0.146. The lowest BCUT2D eigenvalue weighted by atomic mass is 10.3. The predicted molar refractivity (Wildman–Crippen MR) is 88.0 cm³/mol. The third-order valence-electron chi connectivity index (χ3n) is 3.22. The van der Waals surface area contributed by atoms with Crippen molar-refractivity contribution in [1.82, 2.24) is 15.0 Å². The fourth-order valence-electron chi connectivity index (χ4n) is 2.12. The summed E-state index contributed by atoms with van der Waals surface area (Å²) in [7, 11) is 0. The van der Waals surface area contributed by atoms with Gasteiger partial charge in [0.1, 0.15) is 17.5 Å². The number of anilines is 3.